The van der Waals surface area contributed by atoms with Crippen molar-refractivity contribution in [2.45, 2.75) is 50.2 Å². The molecule has 1 atom stereocenters. The van der Waals surface area contributed by atoms with Crippen LogP contribution in [0.15, 0.2) is 59.5 Å². The molecule has 2 N–H and O–H groups in total. The fourth-order valence-corrected chi connectivity index (χ4v) is 4.75. The minimum absolute atomic E-state index is 0.0168. The first-order chi connectivity index (χ1) is 15.0. The summed E-state index contributed by atoms with van der Waals surface area (Å²) in [4.78, 5) is 31.3. The highest BCUT2D eigenvalue weighted by Crippen LogP contribution is 2.31. The summed E-state index contributed by atoms with van der Waals surface area (Å²) in [7, 11) is 0. The molecule has 0 bridgehead atoms. The van der Waals surface area contributed by atoms with Gasteiger partial charge in [0.1, 0.15) is 0 Å². The number of carbonyl (C=O) groups excluding carboxylic acids is 2. The van der Waals surface area contributed by atoms with Gasteiger partial charge in [0.15, 0.2) is 5.13 Å². The Kier molecular flexibility index (Phi) is 8.26. The number of nitrogens with one attached hydrogen (secondary N) is 2. The molecule has 2 amide bonds. The molecule has 0 aliphatic carbocycles. The van der Waals surface area contributed by atoms with E-state index < -0.39 is 0 Å². The van der Waals surface area contributed by atoms with Crippen LogP contribution in [-0.2, 0) is 9.59 Å². The van der Waals surface area contributed by atoms with Crippen molar-refractivity contribution in [1.29, 1.82) is 0 Å². The van der Waals surface area contributed by atoms with Crippen LogP contribution in [0.25, 0.3) is 11.3 Å². The van der Waals surface area contributed by atoms with Gasteiger partial charge in [-0.2, -0.15) is 0 Å². The predicted octanol–water partition coefficient (Wildman–Crippen LogP) is 6.37. The molecule has 0 aliphatic heterocycles. The first-order valence-corrected chi connectivity index (χ1v) is 12.1. The maximum absolute atomic E-state index is 12.7. The van der Waals surface area contributed by atoms with Crippen LogP contribution >= 0.6 is 23.1 Å². The Balaban J connectivity index is 1.60. The lowest BCUT2D eigenvalue weighted by Crippen LogP contribution is -2.22. The highest BCUT2D eigenvalue weighted by molar-refractivity contribution is 8.00. The molecule has 162 valence electrons. The van der Waals surface area contributed by atoms with Crippen molar-refractivity contribution in [2.75, 3.05) is 10.6 Å². The van der Waals surface area contributed by atoms with Crippen LogP contribution in [0.2, 0.25) is 0 Å². The molecule has 2 aromatic carbocycles. The van der Waals surface area contributed by atoms with Gasteiger partial charge in [-0.15, -0.1) is 23.1 Å². The average molecular weight is 454 g/mol. The van der Waals surface area contributed by atoms with Gasteiger partial charge in [-0.25, -0.2) is 4.98 Å². The van der Waals surface area contributed by atoms with Gasteiger partial charge in [0.05, 0.1) is 10.9 Å². The topological polar surface area (TPSA) is 71.1 Å². The van der Waals surface area contributed by atoms with Gasteiger partial charge in [-0.3, -0.25) is 9.59 Å². The predicted molar refractivity (Wildman–Crippen MR) is 131 cm³/mol. The van der Waals surface area contributed by atoms with Crippen molar-refractivity contribution < 1.29 is 9.59 Å². The molecule has 3 rings (SSSR count). The van der Waals surface area contributed by atoms with E-state index >= 15 is 0 Å². The number of benzene rings is 2. The largest absolute Gasteiger partial charge is 0.326 e. The molecule has 5 nitrogen and oxygen atoms in total. The van der Waals surface area contributed by atoms with Crippen molar-refractivity contribution in [1.82, 2.24) is 4.98 Å². The summed E-state index contributed by atoms with van der Waals surface area (Å²) >= 11 is 2.93. The van der Waals surface area contributed by atoms with Crippen molar-refractivity contribution >= 4 is 45.7 Å². The highest BCUT2D eigenvalue weighted by Gasteiger charge is 2.18. The normalized spacial score (nSPS) is 11.7. The molecular formula is C24H27N3O2S2. The van der Waals surface area contributed by atoms with Crippen LogP contribution in [-0.4, -0.2) is 22.0 Å². The lowest BCUT2D eigenvalue weighted by atomic mass is 10.1. The lowest BCUT2D eigenvalue weighted by molar-refractivity contribution is -0.116. The first kappa shape index (κ1) is 23.0. The van der Waals surface area contributed by atoms with Crippen LogP contribution in [0.4, 0.5) is 10.8 Å². The van der Waals surface area contributed by atoms with Gasteiger partial charge in [-0.1, -0.05) is 49.7 Å². The van der Waals surface area contributed by atoms with E-state index in [1.165, 1.54) is 23.1 Å². The number of hydrogen-bond acceptors (Lipinski definition) is 5. The first-order valence-electron chi connectivity index (χ1n) is 10.4. The van der Waals surface area contributed by atoms with Crippen LogP contribution in [0.3, 0.4) is 0 Å². The number of aryl methyl sites for hydroxylation is 1. The number of nitrogens with zero attached hydrogens (tertiary/aromatic N) is 1. The SMILES string of the molecule is CCCCC(=O)Nc1cccc(SC(C)C(=O)Nc2nc(-c3ccccc3)c(C)s2)c1. The zero-order chi connectivity index (χ0) is 22.2. The van der Waals surface area contributed by atoms with Crippen LogP contribution in [0.1, 0.15) is 38.0 Å². The Hall–Kier alpha value is -2.64. The van der Waals surface area contributed by atoms with E-state index in [-0.39, 0.29) is 17.1 Å². The second kappa shape index (κ2) is 11.1. The van der Waals surface area contributed by atoms with E-state index in [4.69, 9.17) is 0 Å². The summed E-state index contributed by atoms with van der Waals surface area (Å²) < 4.78 is 0. The van der Waals surface area contributed by atoms with E-state index in [9.17, 15) is 9.59 Å². The molecule has 7 heteroatoms. The Bertz CT molecular complexity index is 1030. The van der Waals surface area contributed by atoms with Crippen LogP contribution in [0.5, 0.6) is 0 Å². The quantitative estimate of drug-likeness (QED) is 0.370. The van der Waals surface area contributed by atoms with Crippen LogP contribution in [0, 0.1) is 6.92 Å². The third-order valence-electron chi connectivity index (χ3n) is 4.63. The summed E-state index contributed by atoms with van der Waals surface area (Å²) in [6, 6.07) is 17.5. The molecule has 3 aromatic rings. The van der Waals surface area contributed by atoms with Crippen molar-refractivity contribution in [3.63, 3.8) is 0 Å². The standard InChI is InChI=1S/C24H27N3O2S2/c1-4-5-14-21(28)25-19-12-9-13-20(15-19)30-17(3)23(29)27-24-26-22(16(2)31-24)18-10-7-6-8-11-18/h6-13,15,17H,4-5,14H2,1-3H3,(H,25,28)(H,26,27,29). The maximum atomic E-state index is 12.7. The minimum atomic E-state index is -0.310. The van der Waals surface area contributed by atoms with Crippen LogP contribution < -0.4 is 10.6 Å². The maximum Gasteiger partial charge on any atom is 0.239 e. The molecule has 0 fully saturated rings. The fraction of sp³-hybridized carbons (Fsp3) is 0.292. The molecule has 0 aliphatic rings. The summed E-state index contributed by atoms with van der Waals surface area (Å²) in [6.07, 6.45) is 2.38. The molecule has 1 unspecified atom stereocenters. The molecular weight excluding hydrogens is 426 g/mol. The van der Waals surface area contributed by atoms with Gasteiger partial charge in [-0.05, 0) is 38.5 Å². The summed E-state index contributed by atoms with van der Waals surface area (Å²) in [6.45, 7) is 5.94. The molecule has 0 spiro atoms. The van der Waals surface area contributed by atoms with E-state index in [1.54, 1.807) is 0 Å². The molecule has 31 heavy (non-hydrogen) atoms. The van der Waals surface area contributed by atoms with Gasteiger partial charge in [0.25, 0.3) is 0 Å². The second-order valence-corrected chi connectivity index (χ2v) is 9.84. The number of thioether (sulfide) groups is 1. The minimum Gasteiger partial charge on any atom is -0.326 e. The van der Waals surface area contributed by atoms with Gasteiger partial charge in [0, 0.05) is 27.4 Å². The number of aromatic nitrogens is 1. The number of thiazole rings is 1. The zero-order valence-electron chi connectivity index (χ0n) is 18.0. The Morgan fingerprint density at radius 1 is 1.10 bits per heavy atom. The molecule has 0 radical (unpaired) electrons. The third-order valence-corrected chi connectivity index (χ3v) is 6.61. The fourth-order valence-electron chi connectivity index (χ4n) is 2.99. The number of carbonyl (C=O) groups is 2. The van der Waals surface area contributed by atoms with E-state index in [2.05, 4.69) is 22.5 Å². The Morgan fingerprint density at radius 3 is 2.61 bits per heavy atom. The smallest absolute Gasteiger partial charge is 0.239 e. The number of hydrogen-bond donors (Lipinski definition) is 2. The number of rotatable bonds is 9. The second-order valence-electron chi connectivity index (χ2n) is 7.22. The van der Waals surface area contributed by atoms with Gasteiger partial charge >= 0.3 is 0 Å². The monoisotopic (exact) mass is 453 g/mol. The third kappa shape index (κ3) is 6.67. The molecule has 0 saturated carbocycles. The summed E-state index contributed by atoms with van der Waals surface area (Å²) in [5.74, 6) is -0.0844. The van der Waals surface area contributed by atoms with Crippen molar-refractivity contribution in [3.8, 4) is 11.3 Å². The lowest BCUT2D eigenvalue weighted by Gasteiger charge is -2.12. The molecule has 1 heterocycles. The van der Waals surface area contributed by atoms with E-state index in [0.29, 0.717) is 11.6 Å². The number of anilines is 2. The summed E-state index contributed by atoms with van der Waals surface area (Å²) in [5.41, 5.74) is 2.69. The Morgan fingerprint density at radius 2 is 1.87 bits per heavy atom. The van der Waals surface area contributed by atoms with Gasteiger partial charge < -0.3 is 10.6 Å². The Labute approximate surface area is 191 Å². The average Bonchev–Trinajstić information content (AvgIpc) is 3.13. The molecule has 0 saturated heterocycles. The molecule has 1 aromatic heterocycles. The van der Waals surface area contributed by atoms with E-state index in [1.807, 2.05) is 68.4 Å². The highest BCUT2D eigenvalue weighted by atomic mass is 32.2. The van der Waals surface area contributed by atoms with Gasteiger partial charge in [0.2, 0.25) is 11.8 Å². The zero-order valence-corrected chi connectivity index (χ0v) is 19.6. The number of unbranched alkanes of at least 4 members (excludes halogenated alkanes) is 1. The van der Waals surface area contributed by atoms with E-state index in [0.717, 1.165) is 39.6 Å². The van der Waals surface area contributed by atoms with Crippen molar-refractivity contribution in [3.05, 3.63) is 59.5 Å². The number of amides is 2. The summed E-state index contributed by atoms with van der Waals surface area (Å²) in [5, 5.41) is 6.16. The van der Waals surface area contributed by atoms with Crippen molar-refractivity contribution in [2.24, 2.45) is 0 Å².